The molecule has 0 spiro atoms. The molecule has 2 aliphatic rings. The fraction of sp³-hybridized carbons (Fsp3) is 0.571. The molecule has 0 saturated carbocycles. The van der Waals surface area contributed by atoms with E-state index in [1.165, 1.54) is 11.0 Å². The Balaban J connectivity index is 1.71. The molecule has 1 fully saturated rings. The summed E-state index contributed by atoms with van der Waals surface area (Å²) in [6.45, 7) is 7.47. The van der Waals surface area contributed by atoms with Gasteiger partial charge in [-0.2, -0.15) is 13.2 Å². The second-order valence-electron chi connectivity index (χ2n) is 8.39. The Morgan fingerprint density at radius 3 is 2.32 bits per heavy atom. The van der Waals surface area contributed by atoms with Crippen LogP contribution in [0.25, 0.3) is 0 Å². The molecule has 1 atom stereocenters. The van der Waals surface area contributed by atoms with Crippen LogP contribution in [0.2, 0.25) is 0 Å². The Morgan fingerprint density at radius 1 is 1.10 bits per heavy atom. The van der Waals surface area contributed by atoms with Crippen LogP contribution in [-0.2, 0) is 20.6 Å². The maximum atomic E-state index is 13.1. The Morgan fingerprint density at radius 2 is 1.74 bits per heavy atom. The zero-order chi connectivity index (χ0) is 22.9. The van der Waals surface area contributed by atoms with Crippen LogP contribution in [0.5, 0.6) is 0 Å². The van der Waals surface area contributed by atoms with Gasteiger partial charge in [-0.1, -0.05) is 13.8 Å². The number of anilines is 2. The van der Waals surface area contributed by atoms with Crippen LogP contribution < -0.4 is 10.2 Å². The zero-order valence-electron chi connectivity index (χ0n) is 17.8. The second kappa shape index (κ2) is 8.86. The van der Waals surface area contributed by atoms with E-state index in [1.807, 2.05) is 18.7 Å². The number of benzene rings is 1. The number of amides is 3. The largest absolute Gasteiger partial charge is 0.416 e. The molecule has 10 heteroatoms. The highest BCUT2D eigenvalue weighted by atomic mass is 19.4. The number of halogens is 3. The maximum Gasteiger partial charge on any atom is 0.416 e. The van der Waals surface area contributed by atoms with Crippen LogP contribution in [0.1, 0.15) is 32.8 Å². The summed E-state index contributed by atoms with van der Waals surface area (Å²) < 4.78 is 39.0. The minimum Gasteiger partial charge on any atom is -0.340 e. The molecule has 3 amide bonds. The summed E-state index contributed by atoms with van der Waals surface area (Å²) in [7, 11) is 0. The first-order chi connectivity index (χ1) is 14.5. The van der Waals surface area contributed by atoms with E-state index in [2.05, 4.69) is 5.32 Å². The van der Waals surface area contributed by atoms with Crippen LogP contribution in [0, 0.1) is 5.92 Å². The molecule has 3 rings (SSSR count). The summed E-state index contributed by atoms with van der Waals surface area (Å²) >= 11 is 0. The second-order valence-corrected chi connectivity index (χ2v) is 8.39. The van der Waals surface area contributed by atoms with Crippen LogP contribution >= 0.6 is 0 Å². The summed E-state index contributed by atoms with van der Waals surface area (Å²) in [5, 5.41) is 2.42. The van der Waals surface area contributed by atoms with E-state index in [0.717, 1.165) is 12.1 Å². The average Bonchev–Trinajstić information content (AvgIpc) is 2.70. The fourth-order valence-electron chi connectivity index (χ4n) is 3.88. The molecule has 1 N–H and O–H groups in total. The zero-order valence-corrected chi connectivity index (χ0v) is 17.8. The van der Waals surface area contributed by atoms with Crippen LogP contribution in [-0.4, -0.2) is 66.3 Å². The van der Waals surface area contributed by atoms with E-state index >= 15 is 0 Å². The van der Waals surface area contributed by atoms with Gasteiger partial charge in [0.2, 0.25) is 17.7 Å². The summed E-state index contributed by atoms with van der Waals surface area (Å²) in [5.41, 5.74) is -0.679. The summed E-state index contributed by atoms with van der Waals surface area (Å²) in [4.78, 5) is 42.4. The molecule has 7 nitrogen and oxygen atoms in total. The van der Waals surface area contributed by atoms with Crippen molar-refractivity contribution in [2.24, 2.45) is 5.92 Å². The van der Waals surface area contributed by atoms with Crippen molar-refractivity contribution in [3.63, 3.8) is 0 Å². The third-order valence-corrected chi connectivity index (χ3v) is 5.61. The van der Waals surface area contributed by atoms with Gasteiger partial charge in [0.1, 0.15) is 6.54 Å². The van der Waals surface area contributed by atoms with Gasteiger partial charge in [-0.25, -0.2) is 0 Å². The summed E-state index contributed by atoms with van der Waals surface area (Å²) in [6.07, 6.45) is -4.07. The minimum absolute atomic E-state index is 0.0317. The van der Waals surface area contributed by atoms with Crippen molar-refractivity contribution in [1.29, 1.82) is 0 Å². The molecular weight excluding hydrogens is 413 g/mol. The van der Waals surface area contributed by atoms with Gasteiger partial charge in [-0.3, -0.25) is 24.2 Å². The van der Waals surface area contributed by atoms with E-state index in [4.69, 9.17) is 0 Å². The Hall–Kier alpha value is -2.62. The van der Waals surface area contributed by atoms with Gasteiger partial charge in [0.25, 0.3) is 0 Å². The lowest BCUT2D eigenvalue weighted by Gasteiger charge is -2.40. The maximum absolute atomic E-state index is 13.1. The predicted molar refractivity (Wildman–Crippen MR) is 109 cm³/mol. The van der Waals surface area contributed by atoms with Crippen molar-refractivity contribution >= 4 is 29.1 Å². The normalized spacial score (nSPS) is 18.6. The molecule has 1 aromatic rings. The molecule has 170 valence electrons. The van der Waals surface area contributed by atoms with Gasteiger partial charge in [-0.15, -0.1) is 0 Å². The number of nitrogens with zero attached hydrogens (tertiary/aromatic N) is 3. The van der Waals surface area contributed by atoms with Gasteiger partial charge in [-0.05, 0) is 31.0 Å². The van der Waals surface area contributed by atoms with Crippen molar-refractivity contribution in [3.05, 3.63) is 23.8 Å². The van der Waals surface area contributed by atoms with Crippen molar-refractivity contribution < 1.29 is 27.6 Å². The molecule has 31 heavy (non-hydrogen) atoms. The number of nitrogens with one attached hydrogen (secondary N) is 1. The number of carbonyl (C=O) groups excluding carboxylic acids is 3. The monoisotopic (exact) mass is 440 g/mol. The molecule has 2 heterocycles. The highest BCUT2D eigenvalue weighted by molar-refractivity contribution is 6.11. The van der Waals surface area contributed by atoms with Gasteiger partial charge in [0, 0.05) is 32.6 Å². The molecule has 1 aromatic carbocycles. The first-order valence-electron chi connectivity index (χ1n) is 10.3. The highest BCUT2D eigenvalue weighted by Crippen LogP contribution is 2.37. The SMILES string of the molecule is CC(C)CC(=O)N1CCN(C(C)C(=O)N2CC(=O)Nc3cc(C(F)(F)F)ccc32)CC1. The molecule has 1 unspecified atom stereocenters. The number of alkyl halides is 3. The van der Waals surface area contributed by atoms with Crippen molar-refractivity contribution in [3.8, 4) is 0 Å². The molecule has 0 aromatic heterocycles. The molecule has 0 bridgehead atoms. The van der Waals surface area contributed by atoms with E-state index in [0.29, 0.717) is 32.6 Å². The van der Waals surface area contributed by atoms with E-state index in [-0.39, 0.29) is 35.7 Å². The topological polar surface area (TPSA) is 73.0 Å². The van der Waals surface area contributed by atoms with Crippen molar-refractivity contribution in [1.82, 2.24) is 9.80 Å². The minimum atomic E-state index is -4.55. The Bertz CT molecular complexity index is 864. The number of hydrogen-bond donors (Lipinski definition) is 1. The van der Waals surface area contributed by atoms with Gasteiger partial charge in [0.05, 0.1) is 23.0 Å². The Kier molecular flexibility index (Phi) is 6.59. The first kappa shape index (κ1) is 23.1. The quantitative estimate of drug-likeness (QED) is 0.781. The fourth-order valence-corrected chi connectivity index (χ4v) is 3.88. The molecule has 0 radical (unpaired) electrons. The molecular formula is C21H27F3N4O3. The number of piperazine rings is 1. The average molecular weight is 440 g/mol. The number of rotatable bonds is 4. The highest BCUT2D eigenvalue weighted by Gasteiger charge is 2.36. The van der Waals surface area contributed by atoms with Crippen LogP contribution in [0.4, 0.5) is 24.5 Å². The van der Waals surface area contributed by atoms with Gasteiger partial charge in [0.15, 0.2) is 0 Å². The molecule has 2 aliphatic heterocycles. The third-order valence-electron chi connectivity index (χ3n) is 5.61. The summed E-state index contributed by atoms with van der Waals surface area (Å²) in [5.74, 6) is -0.542. The lowest BCUT2D eigenvalue weighted by molar-refractivity contribution is -0.137. The molecule has 0 aliphatic carbocycles. The Labute approximate surface area is 179 Å². The van der Waals surface area contributed by atoms with Crippen LogP contribution in [0.15, 0.2) is 18.2 Å². The lowest BCUT2D eigenvalue weighted by Crippen LogP contribution is -2.57. The van der Waals surface area contributed by atoms with Crippen molar-refractivity contribution in [2.45, 2.75) is 39.4 Å². The number of carbonyl (C=O) groups is 3. The summed E-state index contributed by atoms with van der Waals surface area (Å²) in [6, 6.07) is 2.38. The number of hydrogen-bond acceptors (Lipinski definition) is 4. The predicted octanol–water partition coefficient (Wildman–Crippen LogP) is 2.57. The number of fused-ring (bicyclic) bond motifs is 1. The van der Waals surface area contributed by atoms with E-state index in [9.17, 15) is 27.6 Å². The van der Waals surface area contributed by atoms with Crippen molar-refractivity contribution in [2.75, 3.05) is 42.9 Å². The lowest BCUT2D eigenvalue weighted by atomic mass is 10.1. The van der Waals surface area contributed by atoms with Crippen LogP contribution in [0.3, 0.4) is 0 Å². The molecule has 1 saturated heterocycles. The third kappa shape index (κ3) is 5.17. The van der Waals surface area contributed by atoms with E-state index < -0.39 is 23.7 Å². The smallest absolute Gasteiger partial charge is 0.340 e. The van der Waals surface area contributed by atoms with Gasteiger partial charge >= 0.3 is 6.18 Å². The first-order valence-corrected chi connectivity index (χ1v) is 10.3. The standard InChI is InChI=1S/C21H27F3N4O3/c1-13(2)10-19(30)27-8-6-26(7-9-27)14(3)20(31)28-12-18(29)25-16-11-15(21(22,23)24)4-5-17(16)28/h4-5,11,13-14H,6-10,12H2,1-3H3,(H,25,29). The van der Waals surface area contributed by atoms with Gasteiger partial charge < -0.3 is 10.2 Å². The van der Waals surface area contributed by atoms with E-state index in [1.54, 1.807) is 11.8 Å².